The number of piperidine rings is 1. The number of rotatable bonds is 6. The fraction of sp³-hybridized carbons (Fsp3) is 0.296. The van der Waals surface area contributed by atoms with E-state index in [4.69, 9.17) is 4.74 Å². The van der Waals surface area contributed by atoms with Crippen LogP contribution in [0.5, 0.6) is 5.75 Å². The number of para-hydroxylation sites is 1. The van der Waals surface area contributed by atoms with Crippen LogP contribution in [0.4, 0.5) is 14.5 Å². The molecule has 3 aromatic rings. The lowest BCUT2D eigenvalue weighted by Gasteiger charge is -2.39. The second-order valence-electron chi connectivity index (χ2n) is 8.42. The Kier molecular flexibility index (Phi) is 7.04. The minimum absolute atomic E-state index is 0.0353. The smallest absolute Gasteiger partial charge is 0.262 e. The maximum atomic E-state index is 14.1. The number of hydrogen-bond donors (Lipinski definition) is 0. The van der Waals surface area contributed by atoms with Gasteiger partial charge in [-0.15, -0.1) is 0 Å². The number of anilines is 1. The Bertz CT molecular complexity index is 1090. The minimum atomic E-state index is -0.523. The molecule has 0 radical (unpaired) electrons. The molecule has 33 heavy (non-hydrogen) atoms. The number of benzene rings is 3. The number of ether oxygens (including phenoxy) is 1. The number of hydrogen-bond acceptors (Lipinski definition) is 3. The van der Waals surface area contributed by atoms with Crippen molar-refractivity contribution in [1.82, 2.24) is 4.90 Å². The van der Waals surface area contributed by atoms with Crippen LogP contribution in [0.1, 0.15) is 34.3 Å². The Morgan fingerprint density at radius 3 is 2.24 bits per heavy atom. The van der Waals surface area contributed by atoms with Crippen LogP contribution in [-0.2, 0) is 6.54 Å². The number of halogens is 2. The van der Waals surface area contributed by atoms with Gasteiger partial charge in [0.1, 0.15) is 17.4 Å². The third kappa shape index (κ3) is 5.06. The van der Waals surface area contributed by atoms with E-state index < -0.39 is 11.6 Å². The zero-order chi connectivity index (χ0) is 23.4. The molecular formula is C27H28F2N2O2. The summed E-state index contributed by atoms with van der Waals surface area (Å²) in [6.07, 6.45) is 1.40. The first-order chi connectivity index (χ1) is 16.0. The third-order valence-electron chi connectivity index (χ3n) is 6.23. The first-order valence-corrected chi connectivity index (χ1v) is 11.2. The van der Waals surface area contributed by atoms with E-state index in [0.29, 0.717) is 37.2 Å². The van der Waals surface area contributed by atoms with Gasteiger partial charge in [0.05, 0.1) is 12.7 Å². The number of nitrogens with zero attached hydrogens (tertiary/aromatic N) is 2. The van der Waals surface area contributed by atoms with Crippen molar-refractivity contribution in [3.05, 3.63) is 95.1 Å². The average Bonchev–Trinajstić information content (AvgIpc) is 2.83. The quantitative estimate of drug-likeness (QED) is 0.491. The van der Waals surface area contributed by atoms with Crippen molar-refractivity contribution in [3.63, 3.8) is 0 Å². The second kappa shape index (κ2) is 10.1. The molecule has 0 N–H and O–H groups in total. The fourth-order valence-corrected chi connectivity index (χ4v) is 4.39. The number of methoxy groups -OCH3 is 1. The lowest BCUT2D eigenvalue weighted by Crippen LogP contribution is -2.47. The molecule has 1 heterocycles. The van der Waals surface area contributed by atoms with Crippen molar-refractivity contribution in [1.29, 1.82) is 0 Å². The van der Waals surface area contributed by atoms with Crippen LogP contribution < -0.4 is 9.64 Å². The van der Waals surface area contributed by atoms with E-state index in [2.05, 4.69) is 0 Å². The molecule has 1 aliphatic heterocycles. The van der Waals surface area contributed by atoms with Gasteiger partial charge >= 0.3 is 0 Å². The summed E-state index contributed by atoms with van der Waals surface area (Å²) in [7, 11) is 1.56. The van der Waals surface area contributed by atoms with Gasteiger partial charge in [0, 0.05) is 36.9 Å². The lowest BCUT2D eigenvalue weighted by atomic mass is 9.99. The Morgan fingerprint density at radius 2 is 1.61 bits per heavy atom. The normalized spacial score (nSPS) is 14.8. The maximum Gasteiger partial charge on any atom is 0.262 e. The molecule has 0 aromatic heterocycles. The highest BCUT2D eigenvalue weighted by atomic mass is 19.1. The highest BCUT2D eigenvalue weighted by Crippen LogP contribution is 2.30. The summed E-state index contributed by atoms with van der Waals surface area (Å²) < 4.78 is 33.6. The van der Waals surface area contributed by atoms with Gasteiger partial charge in [-0.3, -0.25) is 9.69 Å². The first-order valence-electron chi connectivity index (χ1n) is 11.2. The van der Waals surface area contributed by atoms with Crippen LogP contribution in [0, 0.1) is 18.6 Å². The number of likely N-dealkylation sites (tertiary alicyclic amines) is 1. The number of aryl methyl sites for hydroxylation is 1. The standard InChI is InChI=1S/C27H28F2N2O2/c1-19-10-12-20(13-11-19)31(27(32)22-6-3-4-9-26(22)33-2)21-14-16-30(17-15-21)18-23-24(28)7-5-8-25(23)29/h3-13,21H,14-18H2,1-2H3. The van der Waals surface area contributed by atoms with E-state index in [0.717, 1.165) is 11.3 Å². The molecule has 1 amide bonds. The molecule has 1 fully saturated rings. The van der Waals surface area contributed by atoms with Gasteiger partial charge in [0.15, 0.2) is 0 Å². The SMILES string of the molecule is COc1ccccc1C(=O)N(c1ccc(C)cc1)C1CCN(Cc2c(F)cccc2F)CC1. The molecule has 3 aromatic carbocycles. The molecule has 0 bridgehead atoms. The van der Waals surface area contributed by atoms with E-state index in [1.807, 2.05) is 53.1 Å². The summed E-state index contributed by atoms with van der Waals surface area (Å²) in [6.45, 7) is 3.51. The van der Waals surface area contributed by atoms with E-state index in [1.165, 1.54) is 18.2 Å². The van der Waals surface area contributed by atoms with Gasteiger partial charge < -0.3 is 9.64 Å². The topological polar surface area (TPSA) is 32.8 Å². The molecule has 0 aliphatic carbocycles. The van der Waals surface area contributed by atoms with Crippen molar-refractivity contribution in [2.75, 3.05) is 25.1 Å². The molecule has 1 saturated heterocycles. The Labute approximate surface area is 193 Å². The van der Waals surface area contributed by atoms with Crippen LogP contribution in [0.3, 0.4) is 0 Å². The van der Waals surface area contributed by atoms with E-state index in [1.54, 1.807) is 19.2 Å². The molecule has 0 unspecified atom stereocenters. The summed E-state index contributed by atoms with van der Waals surface area (Å²) in [4.78, 5) is 17.6. The van der Waals surface area contributed by atoms with Gasteiger partial charge in [0.2, 0.25) is 0 Å². The van der Waals surface area contributed by atoms with E-state index in [9.17, 15) is 13.6 Å². The van der Waals surface area contributed by atoms with Crippen molar-refractivity contribution in [2.45, 2.75) is 32.4 Å². The molecule has 0 spiro atoms. The lowest BCUT2D eigenvalue weighted by molar-refractivity contribution is 0.0955. The van der Waals surface area contributed by atoms with Crippen molar-refractivity contribution >= 4 is 11.6 Å². The first kappa shape index (κ1) is 22.9. The zero-order valence-electron chi connectivity index (χ0n) is 18.9. The molecule has 6 heteroatoms. The Hall–Kier alpha value is -3.25. The van der Waals surface area contributed by atoms with E-state index >= 15 is 0 Å². The third-order valence-corrected chi connectivity index (χ3v) is 6.23. The van der Waals surface area contributed by atoms with Crippen molar-refractivity contribution in [2.24, 2.45) is 0 Å². The maximum absolute atomic E-state index is 14.1. The van der Waals surface area contributed by atoms with Gasteiger partial charge in [-0.2, -0.15) is 0 Å². The predicted molar refractivity (Wildman–Crippen MR) is 126 cm³/mol. The molecular weight excluding hydrogens is 422 g/mol. The van der Waals surface area contributed by atoms with Gasteiger partial charge in [-0.25, -0.2) is 8.78 Å². The van der Waals surface area contributed by atoms with Gasteiger partial charge in [-0.1, -0.05) is 35.9 Å². The van der Waals surface area contributed by atoms with Crippen LogP contribution in [0.2, 0.25) is 0 Å². The minimum Gasteiger partial charge on any atom is -0.496 e. The molecule has 4 rings (SSSR count). The molecule has 0 atom stereocenters. The summed E-state index contributed by atoms with van der Waals surface area (Å²) in [5, 5.41) is 0. The Morgan fingerprint density at radius 1 is 0.970 bits per heavy atom. The monoisotopic (exact) mass is 450 g/mol. The van der Waals surface area contributed by atoms with E-state index in [-0.39, 0.29) is 24.1 Å². The van der Waals surface area contributed by atoms with Crippen molar-refractivity contribution < 1.29 is 18.3 Å². The van der Waals surface area contributed by atoms with Crippen molar-refractivity contribution in [3.8, 4) is 5.75 Å². The molecule has 1 aliphatic rings. The van der Waals surface area contributed by atoms with Crippen LogP contribution in [0.15, 0.2) is 66.7 Å². The Balaban J connectivity index is 1.56. The van der Waals surface area contributed by atoms with Crippen LogP contribution in [-0.4, -0.2) is 37.0 Å². The van der Waals surface area contributed by atoms with Gasteiger partial charge in [-0.05, 0) is 56.2 Å². The summed E-state index contributed by atoms with van der Waals surface area (Å²) >= 11 is 0. The highest BCUT2D eigenvalue weighted by Gasteiger charge is 2.31. The van der Waals surface area contributed by atoms with Crippen LogP contribution in [0.25, 0.3) is 0 Å². The largest absolute Gasteiger partial charge is 0.496 e. The summed E-state index contributed by atoms with van der Waals surface area (Å²) in [5.74, 6) is -0.628. The number of carbonyl (C=O) groups excluding carboxylic acids is 1. The fourth-order valence-electron chi connectivity index (χ4n) is 4.39. The summed E-state index contributed by atoms with van der Waals surface area (Å²) in [6, 6.07) is 19.1. The zero-order valence-corrected chi connectivity index (χ0v) is 18.9. The number of amides is 1. The average molecular weight is 451 g/mol. The molecule has 0 saturated carbocycles. The summed E-state index contributed by atoms with van der Waals surface area (Å²) in [5.41, 5.74) is 2.55. The predicted octanol–water partition coefficient (Wildman–Crippen LogP) is 5.59. The number of carbonyl (C=O) groups is 1. The highest BCUT2D eigenvalue weighted by molar-refractivity contribution is 6.08. The molecule has 172 valence electrons. The second-order valence-corrected chi connectivity index (χ2v) is 8.42. The van der Waals surface area contributed by atoms with Crippen LogP contribution >= 0.6 is 0 Å². The molecule has 4 nitrogen and oxygen atoms in total. The van der Waals surface area contributed by atoms with Gasteiger partial charge in [0.25, 0.3) is 5.91 Å².